The summed E-state index contributed by atoms with van der Waals surface area (Å²) < 4.78 is 2.12. The second-order valence-corrected chi connectivity index (χ2v) is 6.42. The van der Waals surface area contributed by atoms with Gasteiger partial charge in [0.25, 0.3) is 0 Å². The largest absolute Gasteiger partial charge is 0.326 e. The molecule has 2 unspecified atom stereocenters. The molecule has 0 spiro atoms. The van der Waals surface area contributed by atoms with Gasteiger partial charge in [-0.15, -0.1) is 0 Å². The van der Waals surface area contributed by atoms with E-state index in [0.717, 1.165) is 19.4 Å². The fourth-order valence-electron chi connectivity index (χ4n) is 2.60. The van der Waals surface area contributed by atoms with Crippen molar-refractivity contribution in [2.24, 2.45) is 5.73 Å². The third-order valence-electron chi connectivity index (χ3n) is 3.71. The van der Waals surface area contributed by atoms with Crippen LogP contribution in [0, 0.1) is 0 Å². The standard InChI is InChI=1S/C14H25N3S/c1-3-11-9-12(17(4-2)16-11)10-13(15)14-7-5-6-8-18-14/h9,13-14H,3-8,10,15H2,1-2H3. The predicted molar refractivity (Wildman–Crippen MR) is 79.1 cm³/mol. The molecule has 0 aromatic carbocycles. The molecule has 18 heavy (non-hydrogen) atoms. The summed E-state index contributed by atoms with van der Waals surface area (Å²) in [6.07, 6.45) is 5.97. The molecular weight excluding hydrogens is 242 g/mol. The number of hydrogen-bond acceptors (Lipinski definition) is 3. The fraction of sp³-hybridized carbons (Fsp3) is 0.786. The minimum absolute atomic E-state index is 0.280. The molecule has 4 heteroatoms. The molecule has 0 saturated carbocycles. The second kappa shape index (κ2) is 6.62. The Labute approximate surface area is 115 Å². The van der Waals surface area contributed by atoms with Crippen LogP contribution in [-0.4, -0.2) is 26.8 Å². The van der Waals surface area contributed by atoms with Crippen LogP contribution in [0.15, 0.2) is 6.07 Å². The van der Waals surface area contributed by atoms with E-state index in [9.17, 15) is 0 Å². The van der Waals surface area contributed by atoms with Crippen LogP contribution in [0.3, 0.4) is 0 Å². The van der Waals surface area contributed by atoms with Crippen LogP contribution < -0.4 is 5.73 Å². The summed E-state index contributed by atoms with van der Waals surface area (Å²) in [5, 5.41) is 5.24. The van der Waals surface area contributed by atoms with Crippen molar-refractivity contribution in [2.75, 3.05) is 5.75 Å². The highest BCUT2D eigenvalue weighted by atomic mass is 32.2. The van der Waals surface area contributed by atoms with E-state index in [2.05, 4.69) is 41.5 Å². The Balaban J connectivity index is 2.00. The van der Waals surface area contributed by atoms with Gasteiger partial charge in [0.1, 0.15) is 0 Å². The fourth-order valence-corrected chi connectivity index (χ4v) is 3.95. The summed E-state index contributed by atoms with van der Waals surface area (Å²) in [6, 6.07) is 2.51. The number of aryl methyl sites for hydroxylation is 2. The quantitative estimate of drug-likeness (QED) is 0.892. The van der Waals surface area contributed by atoms with Crippen molar-refractivity contribution in [3.63, 3.8) is 0 Å². The van der Waals surface area contributed by atoms with E-state index in [1.54, 1.807) is 0 Å². The van der Waals surface area contributed by atoms with E-state index < -0.39 is 0 Å². The summed E-state index contributed by atoms with van der Waals surface area (Å²) >= 11 is 2.06. The van der Waals surface area contributed by atoms with Gasteiger partial charge >= 0.3 is 0 Å². The smallest absolute Gasteiger partial charge is 0.0624 e. The van der Waals surface area contributed by atoms with Gasteiger partial charge in [-0.05, 0) is 38.0 Å². The number of aromatic nitrogens is 2. The average molecular weight is 267 g/mol. The molecule has 1 aromatic rings. The predicted octanol–water partition coefficient (Wildman–Crippen LogP) is 2.62. The molecule has 2 rings (SSSR count). The lowest BCUT2D eigenvalue weighted by molar-refractivity contribution is 0.530. The first-order chi connectivity index (χ1) is 8.74. The highest BCUT2D eigenvalue weighted by molar-refractivity contribution is 8.00. The van der Waals surface area contributed by atoms with Gasteiger partial charge in [0.05, 0.1) is 5.69 Å². The molecule has 0 aliphatic carbocycles. The van der Waals surface area contributed by atoms with Crippen LogP contribution in [0.4, 0.5) is 0 Å². The zero-order chi connectivity index (χ0) is 13.0. The topological polar surface area (TPSA) is 43.8 Å². The van der Waals surface area contributed by atoms with Crippen molar-refractivity contribution in [1.29, 1.82) is 0 Å². The summed E-state index contributed by atoms with van der Waals surface area (Å²) in [4.78, 5) is 0. The summed E-state index contributed by atoms with van der Waals surface area (Å²) in [5.41, 5.74) is 8.90. The third kappa shape index (κ3) is 3.29. The maximum Gasteiger partial charge on any atom is 0.0624 e. The third-order valence-corrected chi connectivity index (χ3v) is 5.25. The van der Waals surface area contributed by atoms with Crippen molar-refractivity contribution < 1.29 is 0 Å². The molecule has 1 aliphatic rings. The van der Waals surface area contributed by atoms with Crippen molar-refractivity contribution >= 4 is 11.8 Å². The number of rotatable bonds is 5. The van der Waals surface area contributed by atoms with Gasteiger partial charge in [0, 0.05) is 30.0 Å². The van der Waals surface area contributed by atoms with Gasteiger partial charge in [-0.1, -0.05) is 13.3 Å². The summed E-state index contributed by atoms with van der Waals surface area (Å²) in [5.74, 6) is 1.28. The van der Waals surface area contributed by atoms with E-state index in [4.69, 9.17) is 5.73 Å². The lowest BCUT2D eigenvalue weighted by Gasteiger charge is -2.27. The van der Waals surface area contributed by atoms with Gasteiger partial charge in [-0.2, -0.15) is 16.9 Å². The monoisotopic (exact) mass is 267 g/mol. The summed E-state index contributed by atoms with van der Waals surface area (Å²) in [6.45, 7) is 5.25. The Morgan fingerprint density at radius 3 is 2.94 bits per heavy atom. The van der Waals surface area contributed by atoms with E-state index in [0.29, 0.717) is 5.25 Å². The van der Waals surface area contributed by atoms with Crippen LogP contribution in [0.2, 0.25) is 0 Å². The van der Waals surface area contributed by atoms with Gasteiger partial charge in [-0.3, -0.25) is 4.68 Å². The molecule has 3 nitrogen and oxygen atoms in total. The molecule has 2 heterocycles. The Kier molecular flexibility index (Phi) is 5.13. The molecule has 0 bridgehead atoms. The van der Waals surface area contributed by atoms with Gasteiger partial charge < -0.3 is 5.73 Å². The number of nitrogens with zero attached hydrogens (tertiary/aromatic N) is 2. The molecule has 2 N–H and O–H groups in total. The van der Waals surface area contributed by atoms with Gasteiger partial charge in [0.15, 0.2) is 0 Å². The maximum absolute atomic E-state index is 6.39. The molecule has 2 atom stereocenters. The van der Waals surface area contributed by atoms with Crippen LogP contribution in [0.1, 0.15) is 44.5 Å². The van der Waals surface area contributed by atoms with Crippen molar-refractivity contribution in [3.05, 3.63) is 17.5 Å². The highest BCUT2D eigenvalue weighted by Gasteiger charge is 2.22. The molecular formula is C14H25N3S. The number of thioether (sulfide) groups is 1. The molecule has 1 aromatic heterocycles. The van der Waals surface area contributed by atoms with Crippen molar-refractivity contribution in [3.8, 4) is 0 Å². The molecule has 1 fully saturated rings. The van der Waals surface area contributed by atoms with Crippen molar-refractivity contribution in [2.45, 2.75) is 63.8 Å². The number of hydrogen-bond donors (Lipinski definition) is 1. The SMILES string of the molecule is CCc1cc(CC(N)C2CCCCS2)n(CC)n1. The normalized spacial score (nSPS) is 22.1. The molecule has 1 saturated heterocycles. The first-order valence-electron chi connectivity index (χ1n) is 7.17. The van der Waals surface area contributed by atoms with Gasteiger partial charge in [0.2, 0.25) is 0 Å². The summed E-state index contributed by atoms with van der Waals surface area (Å²) in [7, 11) is 0. The Morgan fingerprint density at radius 2 is 2.33 bits per heavy atom. The Bertz CT molecular complexity index is 369. The number of nitrogens with two attached hydrogens (primary N) is 1. The van der Waals surface area contributed by atoms with E-state index in [1.807, 2.05) is 0 Å². The van der Waals surface area contributed by atoms with E-state index in [-0.39, 0.29) is 6.04 Å². The average Bonchev–Trinajstić information content (AvgIpc) is 2.82. The molecule has 1 aliphatic heterocycles. The zero-order valence-corrected chi connectivity index (χ0v) is 12.4. The Hall–Kier alpha value is -0.480. The van der Waals surface area contributed by atoms with Crippen molar-refractivity contribution in [1.82, 2.24) is 9.78 Å². The first kappa shape index (κ1) is 13.9. The minimum atomic E-state index is 0.280. The van der Waals surface area contributed by atoms with Crippen LogP contribution in [-0.2, 0) is 19.4 Å². The molecule has 102 valence electrons. The van der Waals surface area contributed by atoms with Gasteiger partial charge in [-0.25, -0.2) is 0 Å². The van der Waals surface area contributed by atoms with Crippen LogP contribution >= 0.6 is 11.8 Å². The lowest BCUT2D eigenvalue weighted by Crippen LogP contribution is -2.36. The van der Waals surface area contributed by atoms with E-state index in [1.165, 1.54) is 36.4 Å². The van der Waals surface area contributed by atoms with Crippen LogP contribution in [0.25, 0.3) is 0 Å². The Morgan fingerprint density at radius 1 is 1.50 bits per heavy atom. The van der Waals surface area contributed by atoms with Crippen LogP contribution in [0.5, 0.6) is 0 Å². The zero-order valence-electron chi connectivity index (χ0n) is 11.6. The van der Waals surface area contributed by atoms with E-state index >= 15 is 0 Å². The highest BCUT2D eigenvalue weighted by Crippen LogP contribution is 2.28. The second-order valence-electron chi connectivity index (χ2n) is 5.07. The first-order valence-corrected chi connectivity index (χ1v) is 8.22. The maximum atomic E-state index is 6.39. The lowest BCUT2D eigenvalue weighted by atomic mass is 10.0. The minimum Gasteiger partial charge on any atom is -0.326 e. The molecule has 0 amide bonds. The molecule has 0 radical (unpaired) electrons.